The van der Waals surface area contributed by atoms with E-state index in [0.717, 1.165) is 0 Å². The van der Waals surface area contributed by atoms with E-state index >= 15 is 0 Å². The van der Waals surface area contributed by atoms with Crippen molar-refractivity contribution < 1.29 is 9.18 Å². The molecule has 2 atom stereocenters. The highest BCUT2D eigenvalue weighted by atomic mass is 32.1. The van der Waals surface area contributed by atoms with E-state index in [2.05, 4.69) is 30.8 Å². The Kier molecular flexibility index (Phi) is 4.95. The van der Waals surface area contributed by atoms with Crippen LogP contribution in [0, 0.1) is 5.82 Å². The monoisotopic (exact) mass is 474 g/mol. The van der Waals surface area contributed by atoms with Gasteiger partial charge < -0.3 is 10.6 Å². The molecule has 1 amide bonds. The minimum Gasteiger partial charge on any atom is -0.336 e. The maximum Gasteiger partial charge on any atom is 0.287 e. The molecule has 0 radical (unpaired) electrons. The normalized spacial score (nSPS) is 18.0. The zero-order chi connectivity index (χ0) is 23.2. The van der Waals surface area contributed by atoms with Crippen LogP contribution in [0.25, 0.3) is 11.3 Å². The second-order valence-electron chi connectivity index (χ2n) is 8.50. The summed E-state index contributed by atoms with van der Waals surface area (Å²) < 4.78 is 14.6. The molecule has 0 aliphatic heterocycles. The van der Waals surface area contributed by atoms with Crippen LogP contribution >= 0.6 is 11.3 Å². The fraction of sp³-hybridized carbons (Fsp3) is 0.208. The molecule has 2 aliphatic carbocycles. The van der Waals surface area contributed by atoms with Gasteiger partial charge in [-0.3, -0.25) is 9.59 Å². The lowest BCUT2D eigenvalue weighted by Crippen LogP contribution is -2.14. The molecule has 1 aromatic carbocycles. The quantitative estimate of drug-likeness (QED) is 0.383. The highest BCUT2D eigenvalue weighted by molar-refractivity contribution is 7.14. The third-order valence-electron chi connectivity index (χ3n) is 6.42. The topological polar surface area (TPSA) is 113 Å². The molecule has 1 fully saturated rings. The summed E-state index contributed by atoms with van der Waals surface area (Å²) in [5.41, 5.74) is 2.07. The van der Waals surface area contributed by atoms with Crippen LogP contribution in [0.1, 0.15) is 51.2 Å². The van der Waals surface area contributed by atoms with E-state index in [-0.39, 0.29) is 17.3 Å². The first-order valence-corrected chi connectivity index (χ1v) is 11.7. The number of nitrogens with one attached hydrogen (secondary N) is 3. The van der Waals surface area contributed by atoms with Crippen molar-refractivity contribution in [2.75, 3.05) is 10.6 Å². The number of rotatable bonds is 5. The first-order chi connectivity index (χ1) is 16.5. The maximum absolute atomic E-state index is 14.6. The summed E-state index contributed by atoms with van der Waals surface area (Å²) in [5, 5.41) is 12.1. The van der Waals surface area contributed by atoms with Gasteiger partial charge in [0.2, 0.25) is 0 Å². The number of carbonyl (C=O) groups is 1. The average Bonchev–Trinajstić information content (AvgIpc) is 3.57. The third kappa shape index (κ3) is 3.65. The van der Waals surface area contributed by atoms with Crippen LogP contribution in [0.15, 0.2) is 53.7 Å². The number of nitrogens with zero attached hydrogens (tertiary/aromatic N) is 3. The second-order valence-corrected chi connectivity index (χ2v) is 9.59. The Morgan fingerprint density at radius 1 is 1.12 bits per heavy atom. The van der Waals surface area contributed by atoms with E-state index in [1.165, 1.54) is 65.6 Å². The van der Waals surface area contributed by atoms with Gasteiger partial charge in [0, 0.05) is 16.6 Å². The van der Waals surface area contributed by atoms with Crippen molar-refractivity contribution in [3.63, 3.8) is 0 Å². The number of benzene rings is 1. The largest absolute Gasteiger partial charge is 0.336 e. The Bertz CT molecular complexity index is 1440. The zero-order valence-corrected chi connectivity index (χ0v) is 18.7. The summed E-state index contributed by atoms with van der Waals surface area (Å²) >= 11 is 1.52. The number of fused-ring (bicyclic) bond motifs is 5. The Morgan fingerprint density at radius 3 is 2.82 bits per heavy atom. The number of aromatic amines is 1. The molecule has 1 saturated carbocycles. The molecule has 0 saturated heterocycles. The van der Waals surface area contributed by atoms with Gasteiger partial charge >= 0.3 is 0 Å². The fourth-order valence-electron chi connectivity index (χ4n) is 4.78. The van der Waals surface area contributed by atoms with E-state index in [1.807, 2.05) is 6.07 Å². The minimum atomic E-state index is -0.551. The van der Waals surface area contributed by atoms with Gasteiger partial charge in [-0.1, -0.05) is 0 Å². The summed E-state index contributed by atoms with van der Waals surface area (Å²) in [4.78, 5) is 34.9. The van der Waals surface area contributed by atoms with Crippen LogP contribution < -0.4 is 16.2 Å². The average molecular weight is 475 g/mol. The van der Waals surface area contributed by atoms with Crippen LogP contribution in [-0.4, -0.2) is 26.1 Å². The van der Waals surface area contributed by atoms with Crippen LogP contribution in [0.2, 0.25) is 0 Å². The van der Waals surface area contributed by atoms with Crippen molar-refractivity contribution in [1.82, 2.24) is 20.2 Å². The number of amides is 1. The third-order valence-corrected chi connectivity index (χ3v) is 7.73. The van der Waals surface area contributed by atoms with Gasteiger partial charge in [0.25, 0.3) is 11.5 Å². The van der Waals surface area contributed by atoms with Crippen molar-refractivity contribution in [2.45, 2.75) is 31.1 Å². The van der Waals surface area contributed by atoms with Crippen LogP contribution in [0.5, 0.6) is 0 Å². The van der Waals surface area contributed by atoms with Crippen LogP contribution in [0.4, 0.5) is 21.6 Å². The highest BCUT2D eigenvalue weighted by Crippen LogP contribution is 2.55. The van der Waals surface area contributed by atoms with Crippen molar-refractivity contribution in [1.29, 1.82) is 0 Å². The van der Waals surface area contributed by atoms with E-state index in [0.29, 0.717) is 33.8 Å². The first kappa shape index (κ1) is 20.7. The number of anilines is 3. The lowest BCUT2D eigenvalue weighted by molar-refractivity contribution is 0.103. The SMILES string of the molecule is O=C(Nc1cc(-c2cc(Nc3ccncn3)c(=O)[nH]n2)ccc1F)c1cc2c(s1)[C@H]1CCC2C1. The zero-order valence-electron chi connectivity index (χ0n) is 17.8. The molecular formula is C24H19FN6O2S. The Morgan fingerprint density at radius 2 is 2.00 bits per heavy atom. The summed E-state index contributed by atoms with van der Waals surface area (Å²) in [6.07, 6.45) is 6.48. The van der Waals surface area contributed by atoms with E-state index in [1.54, 1.807) is 18.3 Å². The van der Waals surface area contributed by atoms with Crippen molar-refractivity contribution >= 4 is 34.4 Å². The minimum absolute atomic E-state index is 0.0531. The van der Waals surface area contributed by atoms with E-state index < -0.39 is 11.4 Å². The first-order valence-electron chi connectivity index (χ1n) is 10.9. The molecule has 8 nitrogen and oxygen atoms in total. The number of halogens is 1. The molecule has 2 bridgehead atoms. The molecular weight excluding hydrogens is 455 g/mol. The van der Waals surface area contributed by atoms with Gasteiger partial charge in [0.1, 0.15) is 23.6 Å². The molecule has 1 unspecified atom stereocenters. The number of aromatic nitrogens is 4. The van der Waals surface area contributed by atoms with Crippen LogP contribution in [-0.2, 0) is 0 Å². The smallest absolute Gasteiger partial charge is 0.287 e. The van der Waals surface area contributed by atoms with E-state index in [4.69, 9.17) is 0 Å². The number of thiophene rings is 1. The summed E-state index contributed by atoms with van der Waals surface area (Å²) in [6, 6.07) is 9.44. The van der Waals surface area contributed by atoms with Crippen molar-refractivity contribution in [3.05, 3.63) is 80.4 Å². The van der Waals surface area contributed by atoms with Gasteiger partial charge in [-0.25, -0.2) is 19.5 Å². The Labute approximate surface area is 197 Å². The Balaban J connectivity index is 1.26. The predicted octanol–water partition coefficient (Wildman–Crippen LogP) is 4.79. The molecule has 0 spiro atoms. The molecule has 3 heterocycles. The van der Waals surface area contributed by atoms with Crippen molar-refractivity contribution in [2.24, 2.45) is 0 Å². The number of hydrogen-bond donors (Lipinski definition) is 3. The standard InChI is InChI=1S/C24H19FN6O2S/c25-16-4-3-13(17-10-19(23(32)31-30-17)28-21-5-6-26-11-27-21)8-18(16)29-24(33)20-9-15-12-1-2-14(7-12)22(15)34-20/h3-6,8-12,14H,1-2,7H2,(H,29,33)(H,31,32)(H,26,27,28,30)/t12?,14-/m0/s1. The summed E-state index contributed by atoms with van der Waals surface area (Å²) in [5.74, 6) is 0.707. The van der Waals surface area contributed by atoms with Gasteiger partial charge in [-0.2, -0.15) is 5.10 Å². The molecule has 3 N–H and O–H groups in total. The highest BCUT2D eigenvalue weighted by Gasteiger charge is 2.39. The number of H-pyrrole nitrogens is 1. The lowest BCUT2D eigenvalue weighted by Gasteiger charge is -2.09. The molecule has 3 aromatic heterocycles. The van der Waals surface area contributed by atoms with Crippen LogP contribution in [0.3, 0.4) is 0 Å². The molecule has 4 aromatic rings. The summed E-state index contributed by atoms with van der Waals surface area (Å²) in [7, 11) is 0. The van der Waals surface area contributed by atoms with E-state index in [9.17, 15) is 14.0 Å². The molecule has 34 heavy (non-hydrogen) atoms. The van der Waals surface area contributed by atoms with Gasteiger partial charge in [0.15, 0.2) is 0 Å². The molecule has 6 rings (SSSR count). The number of hydrogen-bond acceptors (Lipinski definition) is 7. The molecule has 170 valence electrons. The number of carbonyl (C=O) groups excluding carboxylic acids is 1. The molecule has 10 heteroatoms. The van der Waals surface area contributed by atoms with Gasteiger partial charge in [-0.15, -0.1) is 11.3 Å². The van der Waals surface area contributed by atoms with Gasteiger partial charge in [0.05, 0.1) is 16.3 Å². The Hall–Kier alpha value is -3.92. The fourth-order valence-corrected chi connectivity index (χ4v) is 6.08. The maximum atomic E-state index is 14.6. The molecule has 2 aliphatic rings. The lowest BCUT2D eigenvalue weighted by atomic mass is 9.99. The van der Waals surface area contributed by atoms with Gasteiger partial charge in [-0.05, 0) is 73.1 Å². The second kappa shape index (κ2) is 8.14. The predicted molar refractivity (Wildman–Crippen MR) is 127 cm³/mol. The summed E-state index contributed by atoms with van der Waals surface area (Å²) in [6.45, 7) is 0. The van der Waals surface area contributed by atoms with Crippen molar-refractivity contribution in [3.8, 4) is 11.3 Å².